The Balaban J connectivity index is 1.67. The van der Waals surface area contributed by atoms with Crippen molar-refractivity contribution in [2.24, 2.45) is 0 Å². The number of benzene rings is 2. The van der Waals surface area contributed by atoms with Crippen LogP contribution in [0, 0.1) is 24.0 Å². The molecule has 1 atom stereocenters. The molecule has 1 N–H and O–H groups in total. The fourth-order valence-electron chi connectivity index (χ4n) is 4.26. The van der Waals surface area contributed by atoms with Gasteiger partial charge in [-0.1, -0.05) is 23.5 Å². The number of rotatable bonds is 6. The highest BCUT2D eigenvalue weighted by Gasteiger charge is 2.46. The van der Waals surface area contributed by atoms with Gasteiger partial charge in [0, 0.05) is 12.1 Å². The van der Waals surface area contributed by atoms with E-state index in [0.717, 1.165) is 11.3 Å². The van der Waals surface area contributed by atoms with Crippen LogP contribution in [-0.4, -0.2) is 33.8 Å². The van der Waals surface area contributed by atoms with E-state index in [1.807, 2.05) is 0 Å². The molecule has 0 radical (unpaired) electrons. The number of carbonyl (C=O) groups excluding carboxylic acids is 2. The molecule has 10 nitrogen and oxygen atoms in total. The highest BCUT2D eigenvalue weighted by molar-refractivity contribution is 7.22. The minimum atomic E-state index is -0.999. The summed E-state index contributed by atoms with van der Waals surface area (Å²) in [6.07, 6.45) is 0. The predicted octanol–water partition coefficient (Wildman–Crippen LogP) is 5.21. The zero-order valence-electron chi connectivity index (χ0n) is 19.3. The third-order valence-electron chi connectivity index (χ3n) is 5.95. The molecule has 1 aliphatic heterocycles. The van der Waals surface area contributed by atoms with Gasteiger partial charge in [-0.3, -0.25) is 24.6 Å². The number of aliphatic hydroxyl groups excluding tert-OH is 1. The number of methoxy groups -OCH3 is 1. The number of hydrogen-bond donors (Lipinski definition) is 1. The van der Waals surface area contributed by atoms with Crippen LogP contribution in [0.3, 0.4) is 0 Å². The average molecular weight is 506 g/mol. The van der Waals surface area contributed by atoms with Gasteiger partial charge in [0.1, 0.15) is 17.3 Å². The highest BCUT2D eigenvalue weighted by Crippen LogP contribution is 2.45. The van der Waals surface area contributed by atoms with Crippen molar-refractivity contribution >= 4 is 44.1 Å². The summed E-state index contributed by atoms with van der Waals surface area (Å²) in [4.78, 5) is 43.4. The van der Waals surface area contributed by atoms with Crippen LogP contribution in [0.25, 0.3) is 10.2 Å². The minimum absolute atomic E-state index is 0.111. The van der Waals surface area contributed by atoms with Crippen LogP contribution in [0.4, 0.5) is 10.8 Å². The standard InChI is InChI=1S/C25H19N3O7S/c1-12-10-17(13(2)35-12)22(29)20-21(14-4-7-16(34-3)8-5-14)27(24(31)23(20)30)25-26-18-9-6-15(28(32)33)11-19(18)36-25/h4-11,21,30H,1-3H3. The van der Waals surface area contributed by atoms with E-state index in [1.54, 1.807) is 44.2 Å². The second-order valence-corrected chi connectivity index (χ2v) is 9.18. The summed E-state index contributed by atoms with van der Waals surface area (Å²) < 4.78 is 11.2. The van der Waals surface area contributed by atoms with Gasteiger partial charge in [-0.2, -0.15) is 0 Å². The topological polar surface area (TPSA) is 136 Å². The number of aromatic nitrogens is 1. The first kappa shape index (κ1) is 23.2. The lowest BCUT2D eigenvalue weighted by molar-refractivity contribution is -0.384. The van der Waals surface area contributed by atoms with Crippen molar-refractivity contribution in [1.29, 1.82) is 0 Å². The van der Waals surface area contributed by atoms with E-state index in [-0.39, 0.29) is 22.0 Å². The molecule has 0 spiro atoms. The molecule has 2 aromatic heterocycles. The Morgan fingerprint density at radius 2 is 1.92 bits per heavy atom. The third kappa shape index (κ3) is 3.69. The zero-order valence-corrected chi connectivity index (χ0v) is 20.2. The van der Waals surface area contributed by atoms with E-state index in [2.05, 4.69) is 4.98 Å². The smallest absolute Gasteiger partial charge is 0.296 e. The van der Waals surface area contributed by atoms with Gasteiger partial charge in [-0.15, -0.1) is 0 Å². The fraction of sp³-hybridized carbons (Fsp3) is 0.160. The summed E-state index contributed by atoms with van der Waals surface area (Å²) in [5.41, 5.74) is 1.00. The van der Waals surface area contributed by atoms with Crippen molar-refractivity contribution in [1.82, 2.24) is 4.98 Å². The second-order valence-electron chi connectivity index (χ2n) is 8.17. The number of thiazole rings is 1. The number of carbonyl (C=O) groups is 2. The first-order chi connectivity index (χ1) is 17.2. The van der Waals surface area contributed by atoms with Crippen LogP contribution in [0.1, 0.15) is 33.5 Å². The molecule has 1 amide bonds. The van der Waals surface area contributed by atoms with Crippen molar-refractivity contribution in [2.45, 2.75) is 19.9 Å². The predicted molar refractivity (Wildman–Crippen MR) is 132 cm³/mol. The Labute approximate surface area is 208 Å². The van der Waals surface area contributed by atoms with Crippen molar-refractivity contribution in [3.05, 3.63) is 92.6 Å². The number of non-ortho nitro benzene ring substituents is 1. The molecule has 5 rings (SSSR count). The lowest BCUT2D eigenvalue weighted by atomic mass is 9.93. The van der Waals surface area contributed by atoms with Crippen molar-refractivity contribution < 1.29 is 28.8 Å². The molecule has 36 heavy (non-hydrogen) atoms. The quantitative estimate of drug-likeness (QED) is 0.214. The third-order valence-corrected chi connectivity index (χ3v) is 6.96. The van der Waals surface area contributed by atoms with E-state index in [0.29, 0.717) is 33.1 Å². The lowest BCUT2D eigenvalue weighted by Gasteiger charge is -2.24. The molecule has 1 aliphatic rings. The number of Topliss-reactive ketones (excluding diaryl/α,β-unsaturated/α-hetero) is 1. The Bertz CT molecular complexity index is 1580. The van der Waals surface area contributed by atoms with Crippen LogP contribution < -0.4 is 9.64 Å². The molecule has 2 aromatic carbocycles. The summed E-state index contributed by atoms with van der Waals surface area (Å²) in [6.45, 7) is 3.33. The van der Waals surface area contributed by atoms with E-state index >= 15 is 0 Å². The van der Waals surface area contributed by atoms with Gasteiger partial charge in [0.25, 0.3) is 11.6 Å². The van der Waals surface area contributed by atoms with Gasteiger partial charge in [0.05, 0.1) is 39.4 Å². The van der Waals surface area contributed by atoms with Crippen LogP contribution in [0.5, 0.6) is 5.75 Å². The van der Waals surface area contributed by atoms with Crippen LogP contribution in [0.2, 0.25) is 0 Å². The zero-order chi connectivity index (χ0) is 25.7. The SMILES string of the molecule is COc1ccc(C2C(C(=O)c3cc(C)oc3C)=C(O)C(=O)N2c2nc3ccc([N+](=O)[O-])cc3s2)cc1. The number of aryl methyl sites for hydroxylation is 2. The minimum Gasteiger partial charge on any atom is -0.503 e. The molecule has 0 fully saturated rings. The van der Waals surface area contributed by atoms with E-state index in [4.69, 9.17) is 9.15 Å². The largest absolute Gasteiger partial charge is 0.503 e. The number of furan rings is 1. The molecule has 0 aliphatic carbocycles. The number of nitro benzene ring substituents is 1. The van der Waals surface area contributed by atoms with Crippen molar-refractivity contribution in [2.75, 3.05) is 12.0 Å². The number of amides is 1. The number of nitrogens with zero attached hydrogens (tertiary/aromatic N) is 3. The summed E-state index contributed by atoms with van der Waals surface area (Å²) in [5.74, 6) is -0.579. The Morgan fingerprint density at radius 3 is 2.53 bits per heavy atom. The molecule has 3 heterocycles. The fourth-order valence-corrected chi connectivity index (χ4v) is 5.28. The summed E-state index contributed by atoms with van der Waals surface area (Å²) >= 11 is 1.05. The first-order valence-electron chi connectivity index (χ1n) is 10.8. The Morgan fingerprint density at radius 1 is 1.19 bits per heavy atom. The van der Waals surface area contributed by atoms with Crippen LogP contribution >= 0.6 is 11.3 Å². The number of ketones is 1. The maximum Gasteiger partial charge on any atom is 0.296 e. The van der Waals surface area contributed by atoms with E-state index in [1.165, 1.54) is 30.2 Å². The second kappa shape index (κ2) is 8.61. The van der Waals surface area contributed by atoms with Gasteiger partial charge >= 0.3 is 0 Å². The molecule has 0 saturated carbocycles. The molecule has 1 unspecified atom stereocenters. The first-order valence-corrected chi connectivity index (χ1v) is 11.6. The molecular formula is C25H19N3O7S. The Hall–Kier alpha value is -4.51. The molecule has 0 bridgehead atoms. The number of fused-ring (bicyclic) bond motifs is 1. The summed E-state index contributed by atoms with van der Waals surface area (Å²) in [6, 6.07) is 11.5. The number of aliphatic hydroxyl groups is 1. The molecule has 182 valence electrons. The van der Waals surface area contributed by atoms with E-state index < -0.39 is 28.4 Å². The highest BCUT2D eigenvalue weighted by atomic mass is 32.1. The van der Waals surface area contributed by atoms with Gasteiger partial charge in [-0.05, 0) is 43.7 Å². The van der Waals surface area contributed by atoms with Crippen LogP contribution in [-0.2, 0) is 4.79 Å². The maximum atomic E-state index is 13.6. The van der Waals surface area contributed by atoms with Crippen LogP contribution in [0.15, 0.2) is 64.3 Å². The maximum absolute atomic E-state index is 13.6. The summed E-state index contributed by atoms with van der Waals surface area (Å²) in [7, 11) is 1.52. The summed E-state index contributed by atoms with van der Waals surface area (Å²) in [5, 5.41) is 22.3. The molecule has 0 saturated heterocycles. The number of anilines is 1. The van der Waals surface area contributed by atoms with Crippen molar-refractivity contribution in [3.8, 4) is 5.75 Å². The molecule has 4 aromatic rings. The number of nitro groups is 1. The normalized spacial score (nSPS) is 15.7. The van der Waals surface area contributed by atoms with E-state index in [9.17, 15) is 24.8 Å². The number of hydrogen-bond acceptors (Lipinski definition) is 9. The average Bonchev–Trinajstić information content (AvgIpc) is 3.51. The Kier molecular flexibility index (Phi) is 5.56. The van der Waals surface area contributed by atoms with Crippen molar-refractivity contribution in [3.63, 3.8) is 0 Å². The van der Waals surface area contributed by atoms with Gasteiger partial charge < -0.3 is 14.3 Å². The van der Waals surface area contributed by atoms with Gasteiger partial charge in [0.15, 0.2) is 16.7 Å². The molecule has 11 heteroatoms. The van der Waals surface area contributed by atoms with Gasteiger partial charge in [0.2, 0.25) is 0 Å². The molecular weight excluding hydrogens is 486 g/mol. The van der Waals surface area contributed by atoms with Gasteiger partial charge in [-0.25, -0.2) is 4.98 Å². The number of ether oxygens (including phenoxy) is 1. The monoisotopic (exact) mass is 505 g/mol. The lowest BCUT2D eigenvalue weighted by Crippen LogP contribution is -2.31.